The second kappa shape index (κ2) is 10.2. The largest absolute Gasteiger partial charge is 0.478 e. The van der Waals surface area contributed by atoms with E-state index in [0.29, 0.717) is 22.7 Å². The first kappa shape index (κ1) is 26.1. The fourth-order valence-corrected chi connectivity index (χ4v) is 5.27. The number of carbonyl (C=O) groups excluding carboxylic acids is 1. The van der Waals surface area contributed by atoms with Gasteiger partial charge in [0.15, 0.2) is 5.71 Å². The highest BCUT2D eigenvalue weighted by atomic mass is 32.3. The average Bonchev–Trinajstić information content (AvgIpc) is 3.16. The second-order valence-corrected chi connectivity index (χ2v) is 11.2. The van der Waals surface area contributed by atoms with Crippen LogP contribution in [-0.4, -0.2) is 86.5 Å². The lowest BCUT2D eigenvalue weighted by Crippen LogP contribution is -2.27. The molecule has 0 saturated heterocycles. The normalized spacial score (nSPS) is 18.1. The van der Waals surface area contributed by atoms with E-state index in [-0.39, 0.29) is 12.1 Å². The molecule has 194 valence electrons. The van der Waals surface area contributed by atoms with Crippen LogP contribution in [0.5, 0.6) is 0 Å². The molecular weight excluding hydrogens is 488 g/mol. The van der Waals surface area contributed by atoms with Crippen LogP contribution in [0.15, 0.2) is 40.4 Å². The van der Waals surface area contributed by atoms with Gasteiger partial charge in [-0.3, -0.25) is 13.9 Å². The maximum Gasteiger partial charge on any atom is 0.347 e. The molecule has 2 heterocycles. The monoisotopic (exact) mass is 518 g/mol. The minimum Gasteiger partial charge on any atom is -0.478 e. The molecular formula is C24H30N4O7S. The molecule has 12 heteroatoms. The zero-order valence-electron chi connectivity index (χ0n) is 20.3. The van der Waals surface area contributed by atoms with Crippen molar-refractivity contribution in [3.63, 3.8) is 0 Å². The highest BCUT2D eigenvalue weighted by Gasteiger charge is 2.34. The number of oxime groups is 1. The number of carbonyl (C=O) groups is 2. The van der Waals surface area contributed by atoms with Crippen molar-refractivity contribution in [3.8, 4) is 11.1 Å². The van der Waals surface area contributed by atoms with Crippen molar-refractivity contribution in [3.05, 3.63) is 47.0 Å². The Labute approximate surface area is 210 Å². The van der Waals surface area contributed by atoms with Crippen molar-refractivity contribution in [2.24, 2.45) is 5.16 Å². The lowest BCUT2D eigenvalue weighted by molar-refractivity contribution is -0.151. The van der Waals surface area contributed by atoms with Crippen LogP contribution in [0, 0.1) is 0 Å². The van der Waals surface area contributed by atoms with E-state index in [9.17, 15) is 23.8 Å². The van der Waals surface area contributed by atoms with Gasteiger partial charge in [0.25, 0.3) is 5.91 Å². The number of hydrogen-bond acceptors (Lipinski definition) is 9. The van der Waals surface area contributed by atoms with E-state index in [0.717, 1.165) is 35.2 Å². The van der Waals surface area contributed by atoms with E-state index in [1.54, 1.807) is 26.2 Å². The molecule has 0 saturated carbocycles. The summed E-state index contributed by atoms with van der Waals surface area (Å²) < 4.78 is 22.3. The van der Waals surface area contributed by atoms with Crippen LogP contribution in [0.1, 0.15) is 23.1 Å². The van der Waals surface area contributed by atoms with Gasteiger partial charge in [-0.2, -0.15) is 0 Å². The molecule has 0 unspecified atom stereocenters. The molecule has 2 aromatic carbocycles. The van der Waals surface area contributed by atoms with Gasteiger partial charge in [0, 0.05) is 45.8 Å². The summed E-state index contributed by atoms with van der Waals surface area (Å²) in [5.74, 6) is -1.79. The van der Waals surface area contributed by atoms with Crippen molar-refractivity contribution < 1.29 is 33.7 Å². The van der Waals surface area contributed by atoms with Crippen LogP contribution in [0.2, 0.25) is 0 Å². The van der Waals surface area contributed by atoms with E-state index < -0.39 is 35.4 Å². The van der Waals surface area contributed by atoms with E-state index in [4.69, 9.17) is 9.94 Å². The smallest absolute Gasteiger partial charge is 0.347 e. The molecule has 0 radical (unpaired) electrons. The summed E-state index contributed by atoms with van der Waals surface area (Å²) >= 11 is 0. The molecule has 1 amide bonds. The summed E-state index contributed by atoms with van der Waals surface area (Å²) in [6.07, 6.45) is -0.801. The van der Waals surface area contributed by atoms with Gasteiger partial charge in [0.2, 0.25) is 6.10 Å². The third kappa shape index (κ3) is 4.83. The molecule has 1 atom stereocenters. The number of likely N-dealkylation sites (N-methyl/N-ethyl adjacent to an activating group) is 1. The number of amides is 1. The number of anilines is 1. The average molecular weight is 519 g/mol. The van der Waals surface area contributed by atoms with Crippen molar-refractivity contribution >= 4 is 34.1 Å². The number of hydrogen-bond donors (Lipinski definition) is 5. The molecule has 0 aliphatic carbocycles. The van der Waals surface area contributed by atoms with Crippen molar-refractivity contribution in [2.45, 2.75) is 30.4 Å². The maximum atomic E-state index is 12.8. The number of nitrogens with one attached hydrogen (secondary N) is 1. The molecule has 2 aliphatic heterocycles. The highest BCUT2D eigenvalue weighted by Crippen LogP contribution is 2.50. The van der Waals surface area contributed by atoms with Crippen LogP contribution in [-0.2, 0) is 27.4 Å². The van der Waals surface area contributed by atoms with E-state index in [1.807, 2.05) is 25.2 Å². The lowest BCUT2D eigenvalue weighted by atomic mass is 9.87. The number of benzene rings is 2. The Balaban J connectivity index is 1.80. The predicted molar refractivity (Wildman–Crippen MR) is 136 cm³/mol. The Morgan fingerprint density at radius 2 is 1.92 bits per heavy atom. The molecule has 0 aromatic heterocycles. The first-order valence-corrected chi connectivity index (χ1v) is 12.9. The molecule has 2 aliphatic rings. The van der Waals surface area contributed by atoms with Crippen LogP contribution < -0.4 is 5.32 Å². The first-order chi connectivity index (χ1) is 17.0. The zero-order valence-corrected chi connectivity index (χ0v) is 21.1. The van der Waals surface area contributed by atoms with Gasteiger partial charge >= 0.3 is 5.97 Å². The Morgan fingerprint density at radius 1 is 1.22 bits per heavy atom. The molecule has 36 heavy (non-hydrogen) atoms. The number of carboxylic acid groups (broad SMARTS) is 1. The van der Waals surface area contributed by atoms with Crippen molar-refractivity contribution in [1.82, 2.24) is 9.21 Å². The molecule has 2 aromatic rings. The van der Waals surface area contributed by atoms with E-state index in [2.05, 4.69) is 15.4 Å². The number of aliphatic carboxylic acids is 1. The fourth-order valence-electron chi connectivity index (χ4n) is 4.35. The number of aliphatic hydroxyl groups excluding tert-OH is 1. The summed E-state index contributed by atoms with van der Waals surface area (Å²) in [6, 6.07) is 8.81. The number of rotatable bonds is 8. The Bertz CT molecular complexity index is 1210. The number of carboxylic acids is 1. The minimum absolute atomic E-state index is 0.0372. The Hall–Kier alpha value is -3.00. The maximum absolute atomic E-state index is 12.8. The molecule has 0 fully saturated rings. The van der Waals surface area contributed by atoms with Gasteiger partial charge in [-0.05, 0) is 53.9 Å². The predicted octanol–water partition coefficient (Wildman–Crippen LogP) is 2.44. The highest BCUT2D eigenvalue weighted by molar-refractivity contribution is 8.22. The van der Waals surface area contributed by atoms with Gasteiger partial charge in [-0.15, -0.1) is 10.8 Å². The molecule has 5 N–H and O–H groups in total. The summed E-state index contributed by atoms with van der Waals surface area (Å²) in [5, 5.41) is 25.1. The number of nitrogens with zero attached hydrogens (tertiary/aromatic N) is 3. The SMILES string of the molecule is CN1CCc2c(-c3ccc(S(O)(O)N(C)C)cc3)cc3c(c2C1)NC(=O)/C3=N/O[C@@H](CCO)C(=O)O. The van der Waals surface area contributed by atoms with Crippen LogP contribution in [0.25, 0.3) is 11.1 Å². The summed E-state index contributed by atoms with van der Waals surface area (Å²) in [5.41, 5.74) is 4.81. The van der Waals surface area contributed by atoms with Crippen LogP contribution in [0.4, 0.5) is 5.69 Å². The molecule has 11 nitrogen and oxygen atoms in total. The second-order valence-electron chi connectivity index (χ2n) is 8.99. The van der Waals surface area contributed by atoms with E-state index >= 15 is 0 Å². The van der Waals surface area contributed by atoms with Gasteiger partial charge in [0.1, 0.15) is 0 Å². The van der Waals surface area contributed by atoms with Gasteiger partial charge in [-0.25, -0.2) is 9.10 Å². The fraction of sp³-hybridized carbons (Fsp3) is 0.375. The Kier molecular flexibility index (Phi) is 7.36. The van der Waals surface area contributed by atoms with Gasteiger partial charge in [-0.1, -0.05) is 17.3 Å². The van der Waals surface area contributed by atoms with E-state index in [1.165, 1.54) is 4.31 Å². The van der Waals surface area contributed by atoms with Crippen LogP contribution in [0.3, 0.4) is 0 Å². The van der Waals surface area contributed by atoms with Gasteiger partial charge in [0.05, 0.1) is 10.6 Å². The third-order valence-corrected chi connectivity index (χ3v) is 8.28. The molecule has 0 spiro atoms. The Morgan fingerprint density at radius 3 is 2.53 bits per heavy atom. The first-order valence-electron chi connectivity index (χ1n) is 11.4. The molecule has 4 rings (SSSR count). The van der Waals surface area contributed by atoms with Crippen molar-refractivity contribution in [2.75, 3.05) is 39.6 Å². The topological polar surface area (TPSA) is 155 Å². The lowest BCUT2D eigenvalue weighted by Gasteiger charge is -2.38. The summed E-state index contributed by atoms with van der Waals surface area (Å²) in [4.78, 5) is 31.9. The van der Waals surface area contributed by atoms with Gasteiger partial charge < -0.3 is 25.3 Å². The quantitative estimate of drug-likeness (QED) is 0.331. The number of aliphatic hydroxyl groups is 1. The standard InChI is InChI=1S/C24H30N4O7S/c1-27(2)36(33,34)15-6-4-14(5-7-15)17-12-18-21(19-13-28(3)10-8-16(17)19)25-23(30)22(18)26-35-20(9-11-29)24(31)32/h4-7,12,20,29,33-34H,8-11,13H2,1-3H3,(H,31,32)(H,25,26,30)/t20-/m0/s1. The minimum atomic E-state index is -3.08. The summed E-state index contributed by atoms with van der Waals surface area (Å²) in [7, 11) is 2.10. The summed E-state index contributed by atoms with van der Waals surface area (Å²) in [6.45, 7) is 1.03. The number of fused-ring (bicyclic) bond motifs is 3. The molecule has 0 bridgehead atoms. The van der Waals surface area contributed by atoms with Crippen molar-refractivity contribution in [1.29, 1.82) is 0 Å². The van der Waals surface area contributed by atoms with Crippen LogP contribution >= 0.6 is 10.8 Å². The third-order valence-electron chi connectivity index (χ3n) is 6.36. The zero-order chi connectivity index (χ0) is 26.2.